The highest BCUT2D eigenvalue weighted by atomic mass is 32.2. The van der Waals surface area contributed by atoms with Gasteiger partial charge in [0.05, 0.1) is 0 Å². The third-order valence-corrected chi connectivity index (χ3v) is 5.91. The second-order valence-corrected chi connectivity index (χ2v) is 7.48. The molecule has 0 radical (unpaired) electrons. The van der Waals surface area contributed by atoms with Crippen LogP contribution in [0.15, 0.2) is 0 Å². The Labute approximate surface area is 117 Å². The van der Waals surface area contributed by atoms with E-state index in [1.165, 1.54) is 12.8 Å². The van der Waals surface area contributed by atoms with Gasteiger partial charge >= 0.3 is 0 Å². The lowest BCUT2D eigenvalue weighted by molar-refractivity contribution is 0.336. The van der Waals surface area contributed by atoms with E-state index in [0.717, 1.165) is 38.6 Å². The van der Waals surface area contributed by atoms with Crippen molar-refractivity contribution < 1.29 is 8.42 Å². The number of nitrogens with one attached hydrogen (secondary N) is 2. The Morgan fingerprint density at radius 2 is 1.79 bits per heavy atom. The lowest BCUT2D eigenvalue weighted by Crippen LogP contribution is -2.53. The van der Waals surface area contributed by atoms with Gasteiger partial charge < -0.3 is 5.32 Å². The summed E-state index contributed by atoms with van der Waals surface area (Å²) in [5, 5.41) is 3.41. The second-order valence-electron chi connectivity index (χ2n) is 5.78. The Bertz CT molecular complexity index is 358. The molecule has 2 aliphatic heterocycles. The maximum atomic E-state index is 12.4. The Hall–Kier alpha value is -0.170. The zero-order valence-corrected chi connectivity index (χ0v) is 12.7. The van der Waals surface area contributed by atoms with E-state index >= 15 is 0 Å². The van der Waals surface area contributed by atoms with E-state index in [1.54, 1.807) is 4.31 Å². The van der Waals surface area contributed by atoms with Gasteiger partial charge in [-0.25, -0.2) is 0 Å². The molecule has 2 N–H and O–H groups in total. The largest absolute Gasteiger partial charge is 0.312 e. The first-order chi connectivity index (χ1) is 9.09. The summed E-state index contributed by atoms with van der Waals surface area (Å²) in [6, 6.07) is 0.240. The van der Waals surface area contributed by atoms with Gasteiger partial charge in [-0.2, -0.15) is 17.4 Å². The average Bonchev–Trinajstić information content (AvgIpc) is 2.68. The molecule has 2 saturated heterocycles. The van der Waals surface area contributed by atoms with Crippen LogP contribution in [-0.2, 0) is 10.2 Å². The predicted molar refractivity (Wildman–Crippen MR) is 77.2 cm³/mol. The van der Waals surface area contributed by atoms with E-state index in [1.807, 2.05) is 6.92 Å². The van der Waals surface area contributed by atoms with Gasteiger partial charge in [0.15, 0.2) is 0 Å². The highest BCUT2D eigenvalue weighted by Crippen LogP contribution is 2.15. The molecule has 0 aliphatic carbocycles. The topological polar surface area (TPSA) is 61.4 Å². The van der Waals surface area contributed by atoms with Crippen molar-refractivity contribution >= 4 is 10.2 Å². The summed E-state index contributed by atoms with van der Waals surface area (Å²) in [6.45, 7) is 4.30. The normalized spacial score (nSPS) is 28.8. The van der Waals surface area contributed by atoms with Crippen molar-refractivity contribution in [1.82, 2.24) is 14.3 Å². The van der Waals surface area contributed by atoms with Gasteiger partial charge in [-0.1, -0.05) is 19.3 Å². The first-order valence-corrected chi connectivity index (χ1v) is 9.04. The Kier molecular flexibility index (Phi) is 5.62. The van der Waals surface area contributed by atoms with E-state index in [9.17, 15) is 8.42 Å². The number of piperidine rings is 1. The lowest BCUT2D eigenvalue weighted by atomic mass is 10.00. The third-order valence-electron chi connectivity index (χ3n) is 4.19. The van der Waals surface area contributed by atoms with Crippen LogP contribution in [0.1, 0.15) is 51.9 Å². The van der Waals surface area contributed by atoms with Crippen LogP contribution in [-0.4, -0.2) is 44.4 Å². The van der Waals surface area contributed by atoms with Crippen molar-refractivity contribution in [1.29, 1.82) is 0 Å². The molecule has 0 aromatic rings. The molecule has 2 unspecified atom stereocenters. The minimum atomic E-state index is -3.31. The van der Waals surface area contributed by atoms with Gasteiger partial charge in [0.25, 0.3) is 10.2 Å². The summed E-state index contributed by atoms with van der Waals surface area (Å²) >= 11 is 0. The van der Waals surface area contributed by atoms with E-state index in [-0.39, 0.29) is 12.1 Å². The van der Waals surface area contributed by atoms with Gasteiger partial charge in [0.2, 0.25) is 0 Å². The molecule has 0 aromatic carbocycles. The van der Waals surface area contributed by atoms with Crippen molar-refractivity contribution in [2.45, 2.75) is 64.0 Å². The van der Waals surface area contributed by atoms with Crippen molar-refractivity contribution in [2.75, 3.05) is 19.6 Å². The van der Waals surface area contributed by atoms with Crippen LogP contribution < -0.4 is 10.0 Å². The van der Waals surface area contributed by atoms with Crippen LogP contribution in [0, 0.1) is 0 Å². The number of rotatable bonds is 4. The van der Waals surface area contributed by atoms with Crippen molar-refractivity contribution in [2.24, 2.45) is 0 Å². The van der Waals surface area contributed by atoms with Gasteiger partial charge in [0.1, 0.15) is 0 Å². The molecule has 2 fully saturated rings. The quantitative estimate of drug-likeness (QED) is 0.818. The molecule has 0 aromatic heterocycles. The maximum Gasteiger partial charge on any atom is 0.279 e. The highest BCUT2D eigenvalue weighted by molar-refractivity contribution is 7.87. The minimum absolute atomic E-state index is 0.0337. The maximum absolute atomic E-state index is 12.4. The molecular weight excluding hydrogens is 262 g/mol. The van der Waals surface area contributed by atoms with Gasteiger partial charge in [-0.15, -0.1) is 0 Å². The van der Waals surface area contributed by atoms with E-state index in [4.69, 9.17) is 0 Å². The Morgan fingerprint density at radius 1 is 1.11 bits per heavy atom. The van der Waals surface area contributed by atoms with E-state index < -0.39 is 10.2 Å². The smallest absolute Gasteiger partial charge is 0.279 e. The monoisotopic (exact) mass is 289 g/mol. The predicted octanol–water partition coefficient (Wildman–Crippen LogP) is 1.23. The molecule has 0 bridgehead atoms. The molecule has 2 heterocycles. The zero-order valence-electron chi connectivity index (χ0n) is 11.9. The molecule has 5 nitrogen and oxygen atoms in total. The standard InChI is InChI=1S/C13H27N3O2S/c1-12(13-8-4-5-9-14-13)15-19(17,18)16-10-6-2-3-7-11-16/h12-15H,2-11H2,1H3. The summed E-state index contributed by atoms with van der Waals surface area (Å²) in [5.74, 6) is 0. The van der Waals surface area contributed by atoms with Crippen LogP contribution >= 0.6 is 0 Å². The van der Waals surface area contributed by atoms with Gasteiger partial charge in [-0.3, -0.25) is 0 Å². The lowest BCUT2D eigenvalue weighted by Gasteiger charge is -2.31. The van der Waals surface area contributed by atoms with E-state index in [2.05, 4.69) is 10.0 Å². The Morgan fingerprint density at radius 3 is 2.37 bits per heavy atom. The van der Waals surface area contributed by atoms with Crippen LogP contribution in [0.2, 0.25) is 0 Å². The van der Waals surface area contributed by atoms with Crippen LogP contribution in [0.5, 0.6) is 0 Å². The fourth-order valence-corrected chi connectivity index (χ4v) is 4.50. The van der Waals surface area contributed by atoms with Crippen LogP contribution in [0.25, 0.3) is 0 Å². The molecule has 19 heavy (non-hydrogen) atoms. The molecule has 2 aliphatic rings. The van der Waals surface area contributed by atoms with Crippen molar-refractivity contribution in [3.8, 4) is 0 Å². The number of hydrogen-bond donors (Lipinski definition) is 2. The van der Waals surface area contributed by atoms with Crippen molar-refractivity contribution in [3.63, 3.8) is 0 Å². The summed E-state index contributed by atoms with van der Waals surface area (Å²) in [7, 11) is -3.31. The minimum Gasteiger partial charge on any atom is -0.312 e. The van der Waals surface area contributed by atoms with E-state index in [0.29, 0.717) is 13.1 Å². The molecule has 112 valence electrons. The molecule has 0 spiro atoms. The van der Waals surface area contributed by atoms with Crippen LogP contribution in [0.3, 0.4) is 0 Å². The SMILES string of the molecule is CC(NS(=O)(=O)N1CCCCCC1)C1CCCCN1. The first kappa shape index (κ1) is 15.2. The fraction of sp³-hybridized carbons (Fsp3) is 1.00. The molecule has 0 amide bonds. The summed E-state index contributed by atoms with van der Waals surface area (Å²) in [6.07, 6.45) is 7.70. The number of nitrogens with zero attached hydrogens (tertiary/aromatic N) is 1. The third kappa shape index (κ3) is 4.41. The van der Waals surface area contributed by atoms with Gasteiger partial charge in [0, 0.05) is 25.2 Å². The fourth-order valence-electron chi connectivity index (χ4n) is 2.98. The molecular formula is C13H27N3O2S. The highest BCUT2D eigenvalue weighted by Gasteiger charge is 2.28. The summed E-state index contributed by atoms with van der Waals surface area (Å²) < 4.78 is 29.2. The first-order valence-electron chi connectivity index (χ1n) is 7.60. The second kappa shape index (κ2) is 7.02. The number of hydrogen-bond acceptors (Lipinski definition) is 3. The summed E-state index contributed by atoms with van der Waals surface area (Å²) in [4.78, 5) is 0. The Balaban J connectivity index is 1.91. The summed E-state index contributed by atoms with van der Waals surface area (Å²) in [5.41, 5.74) is 0. The zero-order chi connectivity index (χ0) is 13.7. The molecule has 2 rings (SSSR count). The average molecular weight is 289 g/mol. The van der Waals surface area contributed by atoms with Crippen LogP contribution in [0.4, 0.5) is 0 Å². The molecule has 0 saturated carbocycles. The van der Waals surface area contributed by atoms with Gasteiger partial charge in [-0.05, 0) is 39.2 Å². The molecule has 2 atom stereocenters. The van der Waals surface area contributed by atoms with Crippen molar-refractivity contribution in [3.05, 3.63) is 0 Å². The molecule has 6 heteroatoms.